The SMILES string of the molecule is OCC(O)c1ccc(Br)o1. The summed E-state index contributed by atoms with van der Waals surface area (Å²) in [6, 6.07) is 3.26. The van der Waals surface area contributed by atoms with Gasteiger partial charge in [0.25, 0.3) is 0 Å². The van der Waals surface area contributed by atoms with Gasteiger partial charge in [-0.3, -0.25) is 0 Å². The maximum Gasteiger partial charge on any atom is 0.169 e. The van der Waals surface area contributed by atoms with Crippen molar-refractivity contribution in [3.8, 4) is 0 Å². The minimum Gasteiger partial charge on any atom is -0.452 e. The summed E-state index contributed by atoms with van der Waals surface area (Å²) >= 11 is 3.07. The third kappa shape index (κ3) is 1.59. The zero-order valence-electron chi connectivity index (χ0n) is 5.12. The van der Waals surface area contributed by atoms with Gasteiger partial charge in [0, 0.05) is 0 Å². The lowest BCUT2D eigenvalue weighted by Crippen LogP contribution is -1.99. The lowest BCUT2D eigenvalue weighted by molar-refractivity contribution is 0.0768. The van der Waals surface area contributed by atoms with Gasteiger partial charge in [0.2, 0.25) is 0 Å². The van der Waals surface area contributed by atoms with Crippen LogP contribution < -0.4 is 0 Å². The lowest BCUT2D eigenvalue weighted by atomic mass is 10.3. The van der Waals surface area contributed by atoms with Crippen molar-refractivity contribution in [2.45, 2.75) is 6.10 Å². The third-order valence-corrected chi connectivity index (χ3v) is 1.52. The molecular weight excluding hydrogens is 200 g/mol. The van der Waals surface area contributed by atoms with E-state index < -0.39 is 6.10 Å². The van der Waals surface area contributed by atoms with Crippen molar-refractivity contribution in [2.24, 2.45) is 0 Å². The maximum absolute atomic E-state index is 8.98. The van der Waals surface area contributed by atoms with Crippen LogP contribution in [0.4, 0.5) is 0 Å². The predicted octanol–water partition coefficient (Wildman–Crippen LogP) is 1.07. The molecule has 0 aromatic carbocycles. The van der Waals surface area contributed by atoms with Crippen LogP contribution >= 0.6 is 15.9 Å². The van der Waals surface area contributed by atoms with Gasteiger partial charge >= 0.3 is 0 Å². The summed E-state index contributed by atoms with van der Waals surface area (Å²) in [6.07, 6.45) is -0.911. The van der Waals surface area contributed by atoms with Gasteiger partial charge in [0.05, 0.1) is 6.61 Å². The van der Waals surface area contributed by atoms with E-state index in [1.807, 2.05) is 0 Å². The van der Waals surface area contributed by atoms with Crippen molar-refractivity contribution in [3.63, 3.8) is 0 Å². The van der Waals surface area contributed by atoms with E-state index in [9.17, 15) is 0 Å². The zero-order chi connectivity index (χ0) is 7.56. The first-order valence-electron chi connectivity index (χ1n) is 2.78. The van der Waals surface area contributed by atoms with Crippen LogP contribution in [0.5, 0.6) is 0 Å². The van der Waals surface area contributed by atoms with Crippen LogP contribution in [-0.4, -0.2) is 16.8 Å². The Morgan fingerprint density at radius 3 is 2.70 bits per heavy atom. The Labute approximate surface area is 66.4 Å². The predicted molar refractivity (Wildman–Crippen MR) is 38.5 cm³/mol. The van der Waals surface area contributed by atoms with Gasteiger partial charge in [0.15, 0.2) is 4.67 Å². The number of hydrogen-bond acceptors (Lipinski definition) is 3. The zero-order valence-corrected chi connectivity index (χ0v) is 6.71. The molecule has 3 nitrogen and oxygen atoms in total. The van der Waals surface area contributed by atoms with E-state index in [0.717, 1.165) is 0 Å². The first kappa shape index (κ1) is 7.78. The standard InChI is InChI=1S/C6H7BrO3/c7-6-2-1-5(10-6)4(9)3-8/h1-2,4,8-9H,3H2. The molecule has 1 rings (SSSR count). The normalized spacial score (nSPS) is 13.5. The van der Waals surface area contributed by atoms with E-state index in [1.165, 1.54) is 0 Å². The highest BCUT2D eigenvalue weighted by Gasteiger charge is 2.09. The lowest BCUT2D eigenvalue weighted by Gasteiger charge is -2.00. The summed E-state index contributed by atoms with van der Waals surface area (Å²) in [6.45, 7) is -0.319. The van der Waals surface area contributed by atoms with E-state index in [4.69, 9.17) is 14.6 Å². The van der Waals surface area contributed by atoms with Crippen molar-refractivity contribution in [1.29, 1.82) is 0 Å². The molecule has 2 N–H and O–H groups in total. The maximum atomic E-state index is 8.98. The number of aliphatic hydroxyl groups excluding tert-OH is 2. The Morgan fingerprint density at radius 2 is 2.30 bits per heavy atom. The quantitative estimate of drug-likeness (QED) is 0.762. The number of aliphatic hydroxyl groups is 2. The number of hydrogen-bond donors (Lipinski definition) is 2. The molecule has 10 heavy (non-hydrogen) atoms. The molecular formula is C6H7BrO3. The Balaban J connectivity index is 2.74. The van der Waals surface area contributed by atoms with Gasteiger partial charge in [-0.1, -0.05) is 0 Å². The Bertz CT molecular complexity index is 209. The number of rotatable bonds is 2. The average Bonchev–Trinajstić information content (AvgIpc) is 2.34. The molecule has 0 radical (unpaired) electrons. The van der Waals surface area contributed by atoms with Gasteiger partial charge in [-0.05, 0) is 28.1 Å². The highest BCUT2D eigenvalue weighted by molar-refractivity contribution is 9.10. The summed E-state index contributed by atoms with van der Waals surface area (Å²) < 4.78 is 5.49. The van der Waals surface area contributed by atoms with E-state index in [0.29, 0.717) is 10.4 Å². The minimum absolute atomic E-state index is 0.319. The molecule has 4 heteroatoms. The molecule has 1 aromatic heterocycles. The average molecular weight is 207 g/mol. The highest BCUT2D eigenvalue weighted by atomic mass is 79.9. The summed E-state index contributed by atoms with van der Waals surface area (Å²) in [4.78, 5) is 0. The van der Waals surface area contributed by atoms with Crippen molar-refractivity contribution in [3.05, 3.63) is 22.6 Å². The van der Waals surface area contributed by atoms with Crippen LogP contribution in [0, 0.1) is 0 Å². The molecule has 0 aliphatic heterocycles. The van der Waals surface area contributed by atoms with E-state index in [-0.39, 0.29) is 6.61 Å². The fourth-order valence-electron chi connectivity index (χ4n) is 0.597. The monoisotopic (exact) mass is 206 g/mol. The van der Waals surface area contributed by atoms with Crippen molar-refractivity contribution in [2.75, 3.05) is 6.61 Å². The van der Waals surface area contributed by atoms with Crippen LogP contribution in [0.15, 0.2) is 21.2 Å². The molecule has 0 spiro atoms. The molecule has 0 saturated heterocycles. The second-order valence-corrected chi connectivity index (χ2v) is 2.62. The van der Waals surface area contributed by atoms with Gasteiger partial charge < -0.3 is 14.6 Å². The van der Waals surface area contributed by atoms with Crippen LogP contribution in [0.3, 0.4) is 0 Å². The topological polar surface area (TPSA) is 53.6 Å². The summed E-state index contributed by atoms with van der Waals surface area (Å²) in [5.41, 5.74) is 0. The van der Waals surface area contributed by atoms with Crippen LogP contribution in [0.2, 0.25) is 0 Å². The van der Waals surface area contributed by atoms with Crippen LogP contribution in [0.25, 0.3) is 0 Å². The Hall–Kier alpha value is -0.320. The summed E-state index contributed by atoms with van der Waals surface area (Å²) in [7, 11) is 0. The van der Waals surface area contributed by atoms with Crippen LogP contribution in [-0.2, 0) is 0 Å². The first-order chi connectivity index (χ1) is 4.74. The van der Waals surface area contributed by atoms with Crippen molar-refractivity contribution < 1.29 is 14.6 Å². The fraction of sp³-hybridized carbons (Fsp3) is 0.333. The van der Waals surface area contributed by atoms with E-state index in [1.54, 1.807) is 12.1 Å². The fourth-order valence-corrected chi connectivity index (χ4v) is 0.916. The minimum atomic E-state index is -0.911. The Morgan fingerprint density at radius 1 is 1.60 bits per heavy atom. The molecule has 56 valence electrons. The highest BCUT2D eigenvalue weighted by Crippen LogP contribution is 2.19. The number of halogens is 1. The second kappa shape index (κ2) is 3.18. The van der Waals surface area contributed by atoms with Gasteiger partial charge in [-0.2, -0.15) is 0 Å². The summed E-state index contributed by atoms with van der Waals surface area (Å²) in [5.74, 6) is 0.370. The number of furan rings is 1. The molecule has 1 aromatic rings. The molecule has 0 saturated carbocycles. The first-order valence-corrected chi connectivity index (χ1v) is 3.57. The molecule has 0 fully saturated rings. The van der Waals surface area contributed by atoms with Crippen molar-refractivity contribution in [1.82, 2.24) is 0 Å². The molecule has 1 unspecified atom stereocenters. The van der Waals surface area contributed by atoms with Crippen LogP contribution in [0.1, 0.15) is 11.9 Å². The molecule has 0 bridgehead atoms. The molecule has 0 amide bonds. The van der Waals surface area contributed by atoms with Gasteiger partial charge in [-0.25, -0.2) is 0 Å². The third-order valence-electron chi connectivity index (χ3n) is 1.10. The van der Waals surface area contributed by atoms with Gasteiger partial charge in [0.1, 0.15) is 11.9 Å². The van der Waals surface area contributed by atoms with Crippen molar-refractivity contribution >= 4 is 15.9 Å². The van der Waals surface area contributed by atoms with E-state index in [2.05, 4.69) is 15.9 Å². The second-order valence-electron chi connectivity index (χ2n) is 1.84. The smallest absolute Gasteiger partial charge is 0.169 e. The summed E-state index contributed by atoms with van der Waals surface area (Å²) in [5, 5.41) is 17.5. The molecule has 0 aliphatic carbocycles. The Kier molecular flexibility index (Phi) is 2.48. The molecule has 0 aliphatic rings. The van der Waals surface area contributed by atoms with Gasteiger partial charge in [-0.15, -0.1) is 0 Å². The van der Waals surface area contributed by atoms with E-state index >= 15 is 0 Å². The molecule has 1 heterocycles. The molecule has 1 atom stereocenters. The largest absolute Gasteiger partial charge is 0.452 e.